The number of nitrogens with zero attached hydrogens (tertiary/aromatic N) is 1. The number of piperidine rings is 1. The SMILES string of the molecule is CN(Cc1sccc1Br)C(=O)[C@@H]1CCCNC1. The van der Waals surface area contributed by atoms with Gasteiger partial charge in [0.25, 0.3) is 0 Å². The molecule has 0 spiro atoms. The van der Waals surface area contributed by atoms with Crippen molar-refractivity contribution in [1.82, 2.24) is 10.2 Å². The van der Waals surface area contributed by atoms with Crippen molar-refractivity contribution in [1.29, 1.82) is 0 Å². The van der Waals surface area contributed by atoms with Gasteiger partial charge in [0.15, 0.2) is 0 Å². The molecule has 1 aliphatic heterocycles. The molecule has 1 aromatic heterocycles. The molecule has 94 valence electrons. The molecule has 17 heavy (non-hydrogen) atoms. The second kappa shape index (κ2) is 5.98. The molecule has 3 nitrogen and oxygen atoms in total. The first-order chi connectivity index (χ1) is 8.18. The van der Waals surface area contributed by atoms with Crippen LogP contribution in [0.2, 0.25) is 0 Å². The van der Waals surface area contributed by atoms with Gasteiger partial charge in [-0.2, -0.15) is 0 Å². The van der Waals surface area contributed by atoms with Gasteiger partial charge in [-0.15, -0.1) is 11.3 Å². The molecule has 0 aliphatic carbocycles. The van der Waals surface area contributed by atoms with Crippen molar-refractivity contribution in [2.75, 3.05) is 20.1 Å². The molecule has 1 aliphatic rings. The molecule has 5 heteroatoms. The lowest BCUT2D eigenvalue weighted by atomic mass is 9.98. The third kappa shape index (κ3) is 3.30. The second-order valence-electron chi connectivity index (χ2n) is 4.43. The van der Waals surface area contributed by atoms with E-state index in [0.717, 1.165) is 30.4 Å². The van der Waals surface area contributed by atoms with E-state index in [9.17, 15) is 4.79 Å². The Morgan fingerprint density at radius 3 is 3.12 bits per heavy atom. The van der Waals surface area contributed by atoms with Gasteiger partial charge in [0.1, 0.15) is 0 Å². The lowest BCUT2D eigenvalue weighted by Gasteiger charge is -2.26. The third-order valence-electron chi connectivity index (χ3n) is 3.09. The Morgan fingerprint density at radius 1 is 1.71 bits per heavy atom. The van der Waals surface area contributed by atoms with Gasteiger partial charge in [0, 0.05) is 22.9 Å². The summed E-state index contributed by atoms with van der Waals surface area (Å²) in [5.74, 6) is 0.421. The van der Waals surface area contributed by atoms with Gasteiger partial charge < -0.3 is 10.2 Å². The minimum Gasteiger partial charge on any atom is -0.340 e. The van der Waals surface area contributed by atoms with Crippen LogP contribution in [0.5, 0.6) is 0 Å². The number of halogens is 1. The molecule has 1 N–H and O–H groups in total. The fraction of sp³-hybridized carbons (Fsp3) is 0.583. The second-order valence-corrected chi connectivity index (χ2v) is 6.28. The lowest BCUT2D eigenvalue weighted by Crippen LogP contribution is -2.41. The van der Waals surface area contributed by atoms with E-state index < -0.39 is 0 Å². The van der Waals surface area contributed by atoms with Crippen LogP contribution in [0, 0.1) is 5.92 Å². The normalized spacial score (nSPS) is 20.2. The largest absolute Gasteiger partial charge is 0.340 e. The molecule has 1 saturated heterocycles. The van der Waals surface area contributed by atoms with E-state index >= 15 is 0 Å². The number of nitrogens with one attached hydrogen (secondary N) is 1. The van der Waals surface area contributed by atoms with Crippen LogP contribution in [-0.4, -0.2) is 30.9 Å². The summed E-state index contributed by atoms with van der Waals surface area (Å²) in [4.78, 5) is 15.3. The minimum atomic E-state index is 0.160. The van der Waals surface area contributed by atoms with Crippen LogP contribution in [0.15, 0.2) is 15.9 Å². The summed E-state index contributed by atoms with van der Waals surface area (Å²) in [5.41, 5.74) is 0. The fourth-order valence-electron chi connectivity index (χ4n) is 2.11. The van der Waals surface area contributed by atoms with Gasteiger partial charge in [-0.25, -0.2) is 0 Å². The first-order valence-corrected chi connectivity index (χ1v) is 7.53. The number of rotatable bonds is 3. The summed E-state index contributed by atoms with van der Waals surface area (Å²) in [6, 6.07) is 2.03. The van der Waals surface area contributed by atoms with Gasteiger partial charge in [-0.05, 0) is 46.8 Å². The molecule has 0 unspecified atom stereocenters. The van der Waals surface area contributed by atoms with Crippen LogP contribution in [0.25, 0.3) is 0 Å². The van der Waals surface area contributed by atoms with E-state index in [-0.39, 0.29) is 11.8 Å². The molecule has 2 heterocycles. The van der Waals surface area contributed by atoms with Crippen LogP contribution >= 0.6 is 27.3 Å². The monoisotopic (exact) mass is 316 g/mol. The molecule has 0 saturated carbocycles. The summed E-state index contributed by atoms with van der Waals surface area (Å²) in [6.07, 6.45) is 2.12. The number of carbonyl (C=O) groups excluding carboxylic acids is 1. The maximum absolute atomic E-state index is 12.2. The molecule has 1 fully saturated rings. The highest BCUT2D eigenvalue weighted by Crippen LogP contribution is 2.24. The van der Waals surface area contributed by atoms with E-state index in [1.54, 1.807) is 11.3 Å². The Hall–Kier alpha value is -0.390. The summed E-state index contributed by atoms with van der Waals surface area (Å²) >= 11 is 5.19. The zero-order valence-electron chi connectivity index (χ0n) is 9.91. The fourth-order valence-corrected chi connectivity index (χ4v) is 3.64. The van der Waals surface area contributed by atoms with E-state index in [1.807, 2.05) is 23.4 Å². The Morgan fingerprint density at radius 2 is 2.53 bits per heavy atom. The van der Waals surface area contributed by atoms with Gasteiger partial charge in [0.05, 0.1) is 12.5 Å². The number of carbonyl (C=O) groups is 1. The molecule has 1 aromatic rings. The van der Waals surface area contributed by atoms with Crippen LogP contribution in [-0.2, 0) is 11.3 Å². The summed E-state index contributed by atoms with van der Waals surface area (Å²) < 4.78 is 1.10. The maximum Gasteiger partial charge on any atom is 0.227 e. The predicted octanol–water partition coefficient (Wildman–Crippen LogP) is 2.47. The van der Waals surface area contributed by atoms with Crippen LogP contribution in [0.4, 0.5) is 0 Å². The molecule has 0 aromatic carbocycles. The topological polar surface area (TPSA) is 32.3 Å². The Labute approximate surface area is 114 Å². The minimum absolute atomic E-state index is 0.160. The van der Waals surface area contributed by atoms with Gasteiger partial charge >= 0.3 is 0 Å². The molecule has 0 radical (unpaired) electrons. The molecular weight excluding hydrogens is 300 g/mol. The van der Waals surface area contributed by atoms with Crippen molar-refractivity contribution >= 4 is 33.2 Å². The summed E-state index contributed by atoms with van der Waals surface area (Å²) in [6.45, 7) is 2.58. The standard InChI is InChI=1S/C12H17BrN2OS/c1-15(8-11-10(13)4-6-17-11)12(16)9-3-2-5-14-7-9/h4,6,9,14H,2-3,5,7-8H2,1H3/t9-/m1/s1. The lowest BCUT2D eigenvalue weighted by molar-refractivity contribution is -0.135. The van der Waals surface area contributed by atoms with Crippen molar-refractivity contribution in [3.63, 3.8) is 0 Å². The summed E-state index contributed by atoms with van der Waals surface area (Å²) in [5, 5.41) is 5.33. The van der Waals surface area contributed by atoms with E-state index in [1.165, 1.54) is 4.88 Å². The smallest absolute Gasteiger partial charge is 0.227 e. The third-order valence-corrected chi connectivity index (χ3v) is 5.01. The highest BCUT2D eigenvalue weighted by atomic mass is 79.9. The van der Waals surface area contributed by atoms with Gasteiger partial charge in [-0.3, -0.25) is 4.79 Å². The first-order valence-electron chi connectivity index (χ1n) is 5.86. The Bertz CT molecular complexity index is 388. The zero-order valence-corrected chi connectivity index (χ0v) is 12.3. The summed E-state index contributed by atoms with van der Waals surface area (Å²) in [7, 11) is 1.89. The quantitative estimate of drug-likeness (QED) is 0.929. The molecule has 0 bridgehead atoms. The van der Waals surface area contributed by atoms with E-state index in [0.29, 0.717) is 6.54 Å². The average Bonchev–Trinajstić information content (AvgIpc) is 2.75. The van der Waals surface area contributed by atoms with E-state index in [2.05, 4.69) is 21.2 Å². The molecule has 1 atom stereocenters. The van der Waals surface area contributed by atoms with Crippen molar-refractivity contribution < 1.29 is 4.79 Å². The van der Waals surface area contributed by atoms with Gasteiger partial charge in [-0.1, -0.05) is 0 Å². The van der Waals surface area contributed by atoms with E-state index in [4.69, 9.17) is 0 Å². The van der Waals surface area contributed by atoms with Crippen LogP contribution < -0.4 is 5.32 Å². The first kappa shape index (κ1) is 13.1. The maximum atomic E-state index is 12.2. The van der Waals surface area contributed by atoms with Crippen molar-refractivity contribution in [3.05, 3.63) is 20.8 Å². The highest BCUT2D eigenvalue weighted by Gasteiger charge is 2.24. The number of amides is 1. The molecular formula is C12H17BrN2OS. The molecule has 1 amide bonds. The Kier molecular flexibility index (Phi) is 4.59. The number of hydrogen-bond donors (Lipinski definition) is 1. The van der Waals surface area contributed by atoms with Crippen molar-refractivity contribution in [2.24, 2.45) is 5.92 Å². The Balaban J connectivity index is 1.93. The number of hydrogen-bond acceptors (Lipinski definition) is 3. The zero-order chi connectivity index (χ0) is 12.3. The molecule has 2 rings (SSSR count). The van der Waals surface area contributed by atoms with Gasteiger partial charge in [0.2, 0.25) is 5.91 Å². The van der Waals surface area contributed by atoms with Crippen LogP contribution in [0.1, 0.15) is 17.7 Å². The van der Waals surface area contributed by atoms with Crippen molar-refractivity contribution in [2.45, 2.75) is 19.4 Å². The van der Waals surface area contributed by atoms with Crippen LogP contribution in [0.3, 0.4) is 0 Å². The predicted molar refractivity (Wildman–Crippen MR) is 74.1 cm³/mol. The van der Waals surface area contributed by atoms with Crippen molar-refractivity contribution in [3.8, 4) is 0 Å². The number of thiophene rings is 1. The highest BCUT2D eigenvalue weighted by molar-refractivity contribution is 9.10. The average molecular weight is 317 g/mol.